The number of aliphatic hydroxyl groups excluding tert-OH is 1. The van der Waals surface area contributed by atoms with E-state index in [0.717, 1.165) is 12.8 Å². The highest BCUT2D eigenvalue weighted by atomic mass is 19.3. The average molecular weight is 415 g/mol. The molecule has 162 valence electrons. The van der Waals surface area contributed by atoms with Crippen molar-refractivity contribution in [2.24, 2.45) is 0 Å². The highest BCUT2D eigenvalue weighted by Gasteiger charge is 2.26. The molecule has 3 rings (SSSR count). The SMILES string of the molecule is C[C@@H](COC(F)F)Nc1ncc(C(=O)NC2COC2)c(NC2CCC(O)CC2)n1. The standard InChI is InChI=1S/C18H27F2N5O4/c1-10(7-29-17(19)20)22-18-21-6-14(16(27)24-12-8-28-9-12)15(25-18)23-11-2-4-13(26)5-3-11/h6,10-13,17,26H,2-5,7-9H2,1H3,(H,24,27)(H2,21,22,23,25)/t10-,11?,13?/m0/s1. The van der Waals surface area contributed by atoms with Crippen LogP contribution in [0.5, 0.6) is 0 Å². The van der Waals surface area contributed by atoms with Gasteiger partial charge in [0, 0.05) is 18.3 Å². The number of alkyl halides is 2. The fraction of sp³-hybridized carbons (Fsp3) is 0.722. The third-order valence-corrected chi connectivity index (χ3v) is 4.89. The van der Waals surface area contributed by atoms with Gasteiger partial charge in [-0.05, 0) is 32.6 Å². The Kier molecular flexibility index (Phi) is 7.51. The lowest BCUT2D eigenvalue weighted by Crippen LogP contribution is -2.48. The van der Waals surface area contributed by atoms with Crippen LogP contribution in [0.25, 0.3) is 0 Å². The van der Waals surface area contributed by atoms with Crippen molar-refractivity contribution in [1.29, 1.82) is 0 Å². The normalized spacial score (nSPS) is 23.3. The van der Waals surface area contributed by atoms with E-state index in [1.54, 1.807) is 6.92 Å². The molecule has 1 atom stereocenters. The largest absolute Gasteiger partial charge is 0.393 e. The summed E-state index contributed by atoms with van der Waals surface area (Å²) in [5, 5.41) is 18.7. The van der Waals surface area contributed by atoms with E-state index in [4.69, 9.17) is 4.74 Å². The van der Waals surface area contributed by atoms with Gasteiger partial charge in [0.1, 0.15) is 11.4 Å². The number of amides is 1. The molecule has 11 heteroatoms. The second-order valence-electron chi connectivity index (χ2n) is 7.45. The fourth-order valence-electron chi connectivity index (χ4n) is 3.20. The maximum Gasteiger partial charge on any atom is 0.345 e. The van der Waals surface area contributed by atoms with Gasteiger partial charge in [0.2, 0.25) is 5.95 Å². The van der Waals surface area contributed by atoms with Crippen LogP contribution in [0.4, 0.5) is 20.5 Å². The Morgan fingerprint density at radius 1 is 1.31 bits per heavy atom. The van der Waals surface area contributed by atoms with Crippen molar-refractivity contribution in [2.75, 3.05) is 30.5 Å². The molecule has 0 radical (unpaired) electrons. The van der Waals surface area contributed by atoms with Gasteiger partial charge in [-0.3, -0.25) is 4.79 Å². The third kappa shape index (κ3) is 6.44. The second-order valence-corrected chi connectivity index (χ2v) is 7.45. The molecule has 0 aromatic carbocycles. The Labute approximate surface area is 167 Å². The van der Waals surface area contributed by atoms with Crippen molar-refractivity contribution in [3.8, 4) is 0 Å². The number of hydrogen-bond acceptors (Lipinski definition) is 8. The maximum atomic E-state index is 12.6. The van der Waals surface area contributed by atoms with E-state index in [0.29, 0.717) is 37.4 Å². The number of aromatic nitrogens is 2. The molecule has 2 heterocycles. The zero-order chi connectivity index (χ0) is 20.8. The molecule has 29 heavy (non-hydrogen) atoms. The van der Waals surface area contributed by atoms with Crippen molar-refractivity contribution in [2.45, 2.75) is 63.4 Å². The summed E-state index contributed by atoms with van der Waals surface area (Å²) in [5.41, 5.74) is 0.296. The van der Waals surface area contributed by atoms with Crippen molar-refractivity contribution in [3.05, 3.63) is 11.8 Å². The molecule has 1 saturated heterocycles. The van der Waals surface area contributed by atoms with Gasteiger partial charge >= 0.3 is 6.61 Å². The minimum Gasteiger partial charge on any atom is -0.393 e. The lowest BCUT2D eigenvalue weighted by molar-refractivity contribution is -0.130. The number of ether oxygens (including phenoxy) is 2. The number of hydrogen-bond donors (Lipinski definition) is 4. The molecular formula is C18H27F2N5O4. The number of nitrogens with zero attached hydrogens (tertiary/aromatic N) is 2. The van der Waals surface area contributed by atoms with Crippen molar-refractivity contribution >= 4 is 17.7 Å². The van der Waals surface area contributed by atoms with Gasteiger partial charge in [0.05, 0.1) is 32.0 Å². The van der Waals surface area contributed by atoms with Gasteiger partial charge < -0.3 is 30.5 Å². The summed E-state index contributed by atoms with van der Waals surface area (Å²) in [6.07, 6.45) is 3.97. The summed E-state index contributed by atoms with van der Waals surface area (Å²) in [7, 11) is 0. The van der Waals surface area contributed by atoms with Crippen LogP contribution in [0.1, 0.15) is 43.0 Å². The number of carbonyl (C=O) groups excluding carboxylic acids is 1. The lowest BCUT2D eigenvalue weighted by atomic mass is 9.93. The summed E-state index contributed by atoms with van der Waals surface area (Å²) in [5.74, 6) is 0.262. The molecule has 1 aliphatic carbocycles. The van der Waals surface area contributed by atoms with Gasteiger partial charge in [-0.15, -0.1) is 0 Å². The first-order valence-corrected chi connectivity index (χ1v) is 9.77. The number of nitrogens with one attached hydrogen (secondary N) is 3. The third-order valence-electron chi connectivity index (χ3n) is 4.89. The van der Waals surface area contributed by atoms with Crippen LogP contribution in [-0.4, -0.2) is 71.6 Å². The molecule has 1 aliphatic heterocycles. The van der Waals surface area contributed by atoms with Crippen LogP contribution in [0.2, 0.25) is 0 Å². The zero-order valence-electron chi connectivity index (χ0n) is 16.2. The lowest BCUT2D eigenvalue weighted by Gasteiger charge is -2.29. The monoisotopic (exact) mass is 415 g/mol. The van der Waals surface area contributed by atoms with E-state index >= 15 is 0 Å². The van der Waals surface area contributed by atoms with Crippen molar-refractivity contribution in [3.63, 3.8) is 0 Å². The molecule has 1 aromatic rings. The number of aliphatic hydroxyl groups is 1. The Morgan fingerprint density at radius 3 is 2.66 bits per heavy atom. The summed E-state index contributed by atoms with van der Waals surface area (Å²) in [6, 6.07) is -0.419. The van der Waals surface area contributed by atoms with Crippen LogP contribution in [0.15, 0.2) is 6.20 Å². The van der Waals surface area contributed by atoms with Crippen molar-refractivity contribution in [1.82, 2.24) is 15.3 Å². The molecule has 9 nitrogen and oxygen atoms in total. The predicted molar refractivity (Wildman–Crippen MR) is 101 cm³/mol. The quantitative estimate of drug-likeness (QED) is 0.478. The van der Waals surface area contributed by atoms with Gasteiger partial charge in [-0.25, -0.2) is 4.98 Å². The number of halogens is 2. The molecule has 2 aliphatic rings. The Hall–Kier alpha value is -2.11. The van der Waals surface area contributed by atoms with E-state index < -0.39 is 12.7 Å². The van der Waals surface area contributed by atoms with Crippen LogP contribution in [0.3, 0.4) is 0 Å². The van der Waals surface area contributed by atoms with Gasteiger partial charge in [-0.1, -0.05) is 0 Å². The molecule has 0 bridgehead atoms. The number of rotatable bonds is 9. The van der Waals surface area contributed by atoms with Crippen LogP contribution in [-0.2, 0) is 9.47 Å². The van der Waals surface area contributed by atoms with E-state index in [2.05, 4.69) is 30.7 Å². The molecule has 1 amide bonds. The van der Waals surface area contributed by atoms with Crippen molar-refractivity contribution < 1.29 is 28.2 Å². The van der Waals surface area contributed by atoms with Crippen LogP contribution in [0, 0.1) is 0 Å². The van der Waals surface area contributed by atoms with E-state index in [1.165, 1.54) is 6.20 Å². The first kappa shape index (κ1) is 21.6. The van der Waals surface area contributed by atoms with E-state index in [9.17, 15) is 18.7 Å². The summed E-state index contributed by atoms with van der Waals surface area (Å²) >= 11 is 0. The minimum atomic E-state index is -2.85. The Bertz CT molecular complexity index is 684. The first-order chi connectivity index (χ1) is 13.9. The first-order valence-electron chi connectivity index (χ1n) is 9.77. The smallest absolute Gasteiger partial charge is 0.345 e. The van der Waals surface area contributed by atoms with Gasteiger partial charge in [-0.2, -0.15) is 13.8 Å². The summed E-state index contributed by atoms with van der Waals surface area (Å²) in [6.45, 7) is -0.457. The molecule has 1 saturated carbocycles. The minimum absolute atomic E-state index is 0.0375. The van der Waals surface area contributed by atoms with E-state index in [1.807, 2.05) is 0 Å². The molecule has 1 aromatic heterocycles. The highest BCUT2D eigenvalue weighted by Crippen LogP contribution is 2.24. The second kappa shape index (κ2) is 10.1. The zero-order valence-corrected chi connectivity index (χ0v) is 16.2. The molecule has 2 fully saturated rings. The summed E-state index contributed by atoms with van der Waals surface area (Å²) in [4.78, 5) is 21.2. The predicted octanol–water partition coefficient (Wildman–Crippen LogP) is 1.36. The topological polar surface area (TPSA) is 118 Å². The summed E-state index contributed by atoms with van der Waals surface area (Å²) < 4.78 is 33.8. The number of carbonyl (C=O) groups is 1. The molecule has 0 spiro atoms. The van der Waals surface area contributed by atoms with E-state index in [-0.39, 0.29) is 36.7 Å². The fourth-order valence-corrected chi connectivity index (χ4v) is 3.20. The number of anilines is 2. The van der Waals surface area contributed by atoms with Crippen LogP contribution >= 0.6 is 0 Å². The maximum absolute atomic E-state index is 12.6. The average Bonchev–Trinajstić information content (AvgIpc) is 2.65. The molecular weight excluding hydrogens is 388 g/mol. The Balaban J connectivity index is 1.71. The molecule has 4 N–H and O–H groups in total. The van der Waals surface area contributed by atoms with Crippen LogP contribution < -0.4 is 16.0 Å². The van der Waals surface area contributed by atoms with Gasteiger partial charge in [0.15, 0.2) is 0 Å². The highest BCUT2D eigenvalue weighted by molar-refractivity contribution is 5.98. The Morgan fingerprint density at radius 2 is 2.03 bits per heavy atom. The van der Waals surface area contributed by atoms with Gasteiger partial charge in [0.25, 0.3) is 5.91 Å². The molecule has 0 unspecified atom stereocenters.